The number of carbonyl (C=O) groups excluding carboxylic acids is 1. The Bertz CT molecular complexity index is 469. The predicted molar refractivity (Wildman–Crippen MR) is 70.8 cm³/mol. The Hall–Kier alpha value is -1.30. The molecule has 1 rings (SSSR count). The third kappa shape index (κ3) is 5.36. The van der Waals surface area contributed by atoms with E-state index in [2.05, 4.69) is 4.98 Å². The van der Waals surface area contributed by atoms with Gasteiger partial charge in [-0.25, -0.2) is 4.98 Å². The normalized spacial score (nSPS) is 11.8. The van der Waals surface area contributed by atoms with Crippen LogP contribution in [0.1, 0.15) is 29.9 Å². The van der Waals surface area contributed by atoms with Crippen molar-refractivity contribution in [1.29, 1.82) is 0 Å². The Labute approximate surface area is 120 Å². The van der Waals surface area contributed by atoms with Crippen LogP contribution in [-0.2, 0) is 0 Å². The summed E-state index contributed by atoms with van der Waals surface area (Å²) in [5.41, 5.74) is 0.602. The highest BCUT2D eigenvalue weighted by molar-refractivity contribution is 6.29. The zero-order valence-electron chi connectivity index (χ0n) is 11.5. The molecule has 112 valence electrons. The number of aromatic nitrogens is 1. The molecule has 0 unspecified atom stereocenters. The van der Waals surface area contributed by atoms with Gasteiger partial charge in [-0.15, -0.1) is 0 Å². The molecule has 0 N–H and O–H groups in total. The second-order valence-corrected chi connectivity index (χ2v) is 5.40. The SMILES string of the molecule is Cc1cc(C(=O)N(CC(C)C)CC(F)(F)F)cc(Cl)n1. The van der Waals surface area contributed by atoms with E-state index in [1.54, 1.807) is 20.8 Å². The van der Waals surface area contributed by atoms with Crippen molar-refractivity contribution in [3.05, 3.63) is 28.5 Å². The fourth-order valence-electron chi connectivity index (χ4n) is 1.81. The summed E-state index contributed by atoms with van der Waals surface area (Å²) in [6.45, 7) is 3.88. The number of carbonyl (C=O) groups is 1. The van der Waals surface area contributed by atoms with Gasteiger partial charge in [0.2, 0.25) is 0 Å². The second-order valence-electron chi connectivity index (χ2n) is 5.01. The monoisotopic (exact) mass is 308 g/mol. The van der Waals surface area contributed by atoms with Gasteiger partial charge in [-0.1, -0.05) is 25.4 Å². The highest BCUT2D eigenvalue weighted by Crippen LogP contribution is 2.20. The summed E-state index contributed by atoms with van der Waals surface area (Å²) in [5, 5.41) is 0.0878. The second kappa shape index (κ2) is 6.43. The van der Waals surface area contributed by atoms with Gasteiger partial charge in [-0.05, 0) is 25.0 Å². The fourth-order valence-corrected chi connectivity index (χ4v) is 2.06. The van der Waals surface area contributed by atoms with Crippen molar-refractivity contribution in [2.75, 3.05) is 13.1 Å². The quantitative estimate of drug-likeness (QED) is 0.795. The van der Waals surface area contributed by atoms with Crippen molar-refractivity contribution >= 4 is 17.5 Å². The highest BCUT2D eigenvalue weighted by Gasteiger charge is 2.33. The molecule has 0 spiro atoms. The van der Waals surface area contributed by atoms with Crippen LogP contribution in [0.25, 0.3) is 0 Å². The summed E-state index contributed by atoms with van der Waals surface area (Å²) in [4.78, 5) is 16.9. The van der Waals surface area contributed by atoms with Gasteiger partial charge in [-0.2, -0.15) is 13.2 Å². The summed E-state index contributed by atoms with van der Waals surface area (Å²) in [6.07, 6.45) is -4.43. The van der Waals surface area contributed by atoms with E-state index < -0.39 is 18.6 Å². The molecule has 0 aliphatic rings. The molecular formula is C13H16ClF3N2O. The molecule has 0 aliphatic heterocycles. The number of alkyl halides is 3. The van der Waals surface area contributed by atoms with E-state index in [4.69, 9.17) is 11.6 Å². The minimum atomic E-state index is -4.43. The third-order valence-corrected chi connectivity index (χ3v) is 2.61. The van der Waals surface area contributed by atoms with Gasteiger partial charge in [0.25, 0.3) is 5.91 Å². The molecule has 3 nitrogen and oxygen atoms in total. The van der Waals surface area contributed by atoms with Crippen LogP contribution in [0, 0.1) is 12.8 Å². The molecular weight excluding hydrogens is 293 g/mol. The number of amides is 1. The zero-order chi connectivity index (χ0) is 15.5. The maximum absolute atomic E-state index is 12.6. The maximum atomic E-state index is 12.6. The lowest BCUT2D eigenvalue weighted by Crippen LogP contribution is -2.41. The summed E-state index contributed by atoms with van der Waals surface area (Å²) < 4.78 is 37.7. The van der Waals surface area contributed by atoms with Crippen LogP contribution in [0.15, 0.2) is 12.1 Å². The molecule has 1 amide bonds. The van der Waals surface area contributed by atoms with Crippen LogP contribution in [0.5, 0.6) is 0 Å². The van der Waals surface area contributed by atoms with Crippen LogP contribution in [0.3, 0.4) is 0 Å². The molecule has 1 aromatic heterocycles. The van der Waals surface area contributed by atoms with E-state index in [0.29, 0.717) is 5.69 Å². The summed E-state index contributed by atoms with van der Waals surface area (Å²) in [5.74, 6) is -0.761. The van der Waals surface area contributed by atoms with Gasteiger partial charge >= 0.3 is 6.18 Å². The van der Waals surface area contributed by atoms with Crippen molar-refractivity contribution in [1.82, 2.24) is 9.88 Å². The molecule has 1 heterocycles. The molecule has 0 saturated heterocycles. The first-order chi connectivity index (χ1) is 9.08. The van der Waals surface area contributed by atoms with Crippen molar-refractivity contribution in [3.8, 4) is 0 Å². The van der Waals surface area contributed by atoms with Gasteiger partial charge < -0.3 is 4.90 Å². The standard InChI is InChI=1S/C13H16ClF3N2O/c1-8(2)6-19(7-13(15,16)17)12(20)10-4-9(3)18-11(14)5-10/h4-5,8H,6-7H2,1-3H3. The first-order valence-electron chi connectivity index (χ1n) is 6.08. The molecule has 0 saturated carbocycles. The molecule has 0 bridgehead atoms. The van der Waals surface area contributed by atoms with Gasteiger partial charge in [0.05, 0.1) is 0 Å². The molecule has 0 radical (unpaired) electrons. The van der Waals surface area contributed by atoms with Crippen molar-refractivity contribution < 1.29 is 18.0 Å². The lowest BCUT2D eigenvalue weighted by molar-refractivity contribution is -0.141. The summed E-state index contributed by atoms with van der Waals surface area (Å²) >= 11 is 5.73. The molecule has 0 aliphatic carbocycles. The Morgan fingerprint density at radius 2 is 2.00 bits per heavy atom. The number of rotatable bonds is 4. The number of hydrogen-bond acceptors (Lipinski definition) is 2. The van der Waals surface area contributed by atoms with E-state index in [1.807, 2.05) is 0 Å². The van der Waals surface area contributed by atoms with E-state index in [-0.39, 0.29) is 23.2 Å². The minimum absolute atomic E-state index is 0.0251. The molecule has 0 atom stereocenters. The third-order valence-electron chi connectivity index (χ3n) is 2.41. The van der Waals surface area contributed by atoms with Crippen LogP contribution in [0.4, 0.5) is 13.2 Å². The Kier molecular flexibility index (Phi) is 5.39. The van der Waals surface area contributed by atoms with Gasteiger partial charge in [0, 0.05) is 17.8 Å². The van der Waals surface area contributed by atoms with E-state index in [1.165, 1.54) is 12.1 Å². The first-order valence-corrected chi connectivity index (χ1v) is 6.46. The lowest BCUT2D eigenvalue weighted by atomic mass is 10.1. The zero-order valence-corrected chi connectivity index (χ0v) is 12.2. The number of nitrogens with zero attached hydrogens (tertiary/aromatic N) is 2. The van der Waals surface area contributed by atoms with E-state index >= 15 is 0 Å². The Morgan fingerprint density at radius 1 is 1.40 bits per heavy atom. The number of hydrogen-bond donors (Lipinski definition) is 0. The first kappa shape index (κ1) is 16.8. The highest BCUT2D eigenvalue weighted by atomic mass is 35.5. The number of pyridine rings is 1. The van der Waals surface area contributed by atoms with E-state index in [9.17, 15) is 18.0 Å². The Balaban J connectivity index is 3.03. The van der Waals surface area contributed by atoms with Crippen molar-refractivity contribution in [3.63, 3.8) is 0 Å². The molecule has 0 fully saturated rings. The van der Waals surface area contributed by atoms with Gasteiger partial charge in [-0.3, -0.25) is 4.79 Å². The number of halogens is 4. The largest absolute Gasteiger partial charge is 0.406 e. The topological polar surface area (TPSA) is 33.2 Å². The summed E-state index contributed by atoms with van der Waals surface area (Å²) in [7, 11) is 0. The minimum Gasteiger partial charge on any atom is -0.329 e. The van der Waals surface area contributed by atoms with E-state index in [0.717, 1.165) is 4.90 Å². The molecule has 0 aromatic carbocycles. The summed E-state index contributed by atoms with van der Waals surface area (Å²) in [6, 6.07) is 2.71. The van der Waals surface area contributed by atoms with Crippen molar-refractivity contribution in [2.45, 2.75) is 26.9 Å². The van der Waals surface area contributed by atoms with Crippen LogP contribution >= 0.6 is 11.6 Å². The molecule has 7 heteroatoms. The predicted octanol–water partition coefficient (Wildman–Crippen LogP) is 3.70. The Morgan fingerprint density at radius 3 is 2.45 bits per heavy atom. The fraction of sp³-hybridized carbons (Fsp3) is 0.538. The smallest absolute Gasteiger partial charge is 0.329 e. The van der Waals surface area contributed by atoms with Gasteiger partial charge in [0.15, 0.2) is 0 Å². The maximum Gasteiger partial charge on any atom is 0.406 e. The van der Waals surface area contributed by atoms with Gasteiger partial charge in [0.1, 0.15) is 11.7 Å². The lowest BCUT2D eigenvalue weighted by Gasteiger charge is -2.25. The van der Waals surface area contributed by atoms with Crippen LogP contribution in [-0.4, -0.2) is 35.1 Å². The average molecular weight is 309 g/mol. The molecule has 1 aromatic rings. The average Bonchev–Trinajstić information content (AvgIpc) is 2.23. The van der Waals surface area contributed by atoms with Crippen molar-refractivity contribution in [2.24, 2.45) is 5.92 Å². The van der Waals surface area contributed by atoms with Crippen LogP contribution < -0.4 is 0 Å². The number of aryl methyl sites for hydroxylation is 1. The van der Waals surface area contributed by atoms with Crippen LogP contribution in [0.2, 0.25) is 5.15 Å². The molecule has 20 heavy (non-hydrogen) atoms.